The minimum Gasteiger partial charge on any atom is -0.334 e. The van der Waals surface area contributed by atoms with Crippen LogP contribution in [0.1, 0.15) is 149 Å². The highest BCUT2D eigenvalue weighted by molar-refractivity contribution is 6.99. The highest BCUT2D eigenvalue weighted by Gasteiger charge is 2.60. The molecule has 0 saturated heterocycles. The maximum atomic E-state index is 2.86. The van der Waals surface area contributed by atoms with Crippen LogP contribution < -0.4 is 31.1 Å². The van der Waals surface area contributed by atoms with E-state index in [2.05, 4.69) is 256 Å². The van der Waals surface area contributed by atoms with Crippen LogP contribution in [-0.2, 0) is 27.1 Å². The molecule has 0 spiro atoms. The second-order valence-corrected chi connectivity index (χ2v) is 25.0. The van der Waals surface area contributed by atoms with Gasteiger partial charge >= 0.3 is 0 Å². The highest BCUT2D eigenvalue weighted by Crippen LogP contribution is 2.63. The average molecular weight is 906 g/mol. The summed E-state index contributed by atoms with van der Waals surface area (Å²) in [7, 11) is 0. The van der Waals surface area contributed by atoms with Crippen LogP contribution in [0.5, 0.6) is 0 Å². The van der Waals surface area contributed by atoms with Crippen LogP contribution in [0.3, 0.4) is 0 Å². The first-order valence-corrected chi connectivity index (χ1v) is 25.9. The van der Waals surface area contributed by atoms with E-state index in [0.717, 1.165) is 17.1 Å². The summed E-state index contributed by atoms with van der Waals surface area (Å²) in [5.41, 5.74) is 22.3. The lowest BCUT2D eigenvalue weighted by Crippen LogP contribution is -2.64. The van der Waals surface area contributed by atoms with Crippen LogP contribution >= 0.6 is 0 Å². The highest BCUT2D eigenvalue weighted by atomic mass is 15.3. The Labute approximate surface area is 414 Å². The molecule has 0 radical (unpaired) electrons. The summed E-state index contributed by atoms with van der Waals surface area (Å²) < 4.78 is 0. The molecule has 7 aromatic rings. The molecule has 4 aliphatic rings. The molecule has 0 amide bonds. The number of hydrogen-bond acceptors (Lipinski definition) is 3. The maximum Gasteiger partial charge on any atom is 0.247 e. The number of para-hydroxylation sites is 2. The van der Waals surface area contributed by atoms with Gasteiger partial charge in [-0.15, -0.1) is 0 Å². The number of hydrogen-bond donors (Lipinski definition) is 0. The standard InChI is InChI=1S/C65H72BN3/c1-60(2,3)43-26-30-48(31-27-43)68-55-42-50(67(46-22-16-14-17-23-46)47-24-18-15-19-25-47)34-36-53(55)66-54-37-35-51-59(57(54)63(10,11)52-40-45(62(7,8)9)41-56(68)58(52)66)69(65(13)39-21-20-38-64(51,65)12)49-32-28-44(29-33-49)61(4,5)6/h14-19,22-37,40-42H,20-21,38-39H2,1-13H3. The summed E-state index contributed by atoms with van der Waals surface area (Å²) in [4.78, 5) is 7.91. The molecule has 11 rings (SSSR count). The van der Waals surface area contributed by atoms with E-state index < -0.39 is 0 Å². The summed E-state index contributed by atoms with van der Waals surface area (Å²) in [5.74, 6) is 0. The third-order valence-corrected chi connectivity index (χ3v) is 17.3. The first-order chi connectivity index (χ1) is 32.6. The largest absolute Gasteiger partial charge is 0.334 e. The Hall–Kier alpha value is -6.00. The lowest BCUT2D eigenvalue weighted by Gasteiger charge is -2.51. The molecule has 0 bridgehead atoms. The molecule has 2 atom stereocenters. The van der Waals surface area contributed by atoms with Crippen LogP contribution in [0.25, 0.3) is 0 Å². The minimum atomic E-state index is -0.317. The van der Waals surface area contributed by atoms with Crippen molar-refractivity contribution in [2.24, 2.45) is 0 Å². The molecule has 0 N–H and O–H groups in total. The van der Waals surface area contributed by atoms with Gasteiger partial charge in [-0.2, -0.15) is 0 Å². The fourth-order valence-electron chi connectivity index (χ4n) is 13.1. The van der Waals surface area contributed by atoms with E-state index in [1.807, 2.05) is 0 Å². The molecular weight excluding hydrogens is 834 g/mol. The van der Waals surface area contributed by atoms with E-state index in [1.165, 1.54) is 104 Å². The number of benzene rings is 7. The second kappa shape index (κ2) is 15.5. The van der Waals surface area contributed by atoms with Crippen LogP contribution in [0.2, 0.25) is 0 Å². The van der Waals surface area contributed by atoms with Gasteiger partial charge in [-0.3, -0.25) is 0 Å². The molecule has 1 fully saturated rings. The third-order valence-electron chi connectivity index (χ3n) is 17.3. The van der Waals surface area contributed by atoms with E-state index in [4.69, 9.17) is 0 Å². The molecule has 3 heterocycles. The summed E-state index contributed by atoms with van der Waals surface area (Å²) in [5, 5.41) is 0. The molecule has 3 nitrogen and oxygen atoms in total. The molecule has 3 aliphatic heterocycles. The zero-order valence-corrected chi connectivity index (χ0v) is 43.7. The molecule has 350 valence electrons. The normalized spacial score (nSPS) is 20.2. The van der Waals surface area contributed by atoms with Gasteiger partial charge in [0.15, 0.2) is 0 Å². The molecule has 2 unspecified atom stereocenters. The van der Waals surface area contributed by atoms with Crippen molar-refractivity contribution in [3.05, 3.63) is 185 Å². The quantitative estimate of drug-likeness (QED) is 0.159. The van der Waals surface area contributed by atoms with Gasteiger partial charge in [0.25, 0.3) is 0 Å². The van der Waals surface area contributed by atoms with Crippen molar-refractivity contribution in [2.75, 3.05) is 14.7 Å². The maximum absolute atomic E-state index is 2.86. The molecule has 4 heteroatoms. The SMILES string of the molecule is CC(C)(C)c1ccc(N2c3cc(N(c4ccccc4)c4ccccc4)ccc3B3c4ccc5c(c4C(C)(C)c4cc(C(C)(C)C)cc2c43)N(c2ccc(C(C)(C)C)cc2)C2(C)CCCCC52C)cc1. The van der Waals surface area contributed by atoms with Crippen molar-refractivity contribution in [1.82, 2.24) is 0 Å². The number of fused-ring (bicyclic) bond motifs is 8. The van der Waals surface area contributed by atoms with Gasteiger partial charge in [-0.25, -0.2) is 0 Å². The van der Waals surface area contributed by atoms with Gasteiger partial charge in [0, 0.05) is 56.3 Å². The zero-order chi connectivity index (χ0) is 48.6. The smallest absolute Gasteiger partial charge is 0.247 e. The van der Waals surface area contributed by atoms with Crippen molar-refractivity contribution in [3.8, 4) is 0 Å². The molecule has 0 aromatic heterocycles. The van der Waals surface area contributed by atoms with E-state index in [-0.39, 0.29) is 39.3 Å². The van der Waals surface area contributed by atoms with E-state index in [0.29, 0.717) is 0 Å². The monoisotopic (exact) mass is 906 g/mol. The Morgan fingerprint density at radius 1 is 0.478 bits per heavy atom. The first kappa shape index (κ1) is 45.4. The molecular formula is C65H72BN3. The Morgan fingerprint density at radius 3 is 1.58 bits per heavy atom. The molecule has 69 heavy (non-hydrogen) atoms. The summed E-state index contributed by atoms with van der Waals surface area (Å²) in [6, 6.07) is 58.6. The number of anilines is 8. The second-order valence-electron chi connectivity index (χ2n) is 25.0. The predicted octanol–water partition coefficient (Wildman–Crippen LogP) is 15.7. The van der Waals surface area contributed by atoms with E-state index in [9.17, 15) is 0 Å². The van der Waals surface area contributed by atoms with Gasteiger partial charge < -0.3 is 14.7 Å². The molecule has 7 aromatic carbocycles. The zero-order valence-electron chi connectivity index (χ0n) is 43.7. The first-order valence-electron chi connectivity index (χ1n) is 25.9. The van der Waals surface area contributed by atoms with Gasteiger partial charge in [0.05, 0.1) is 5.54 Å². The summed E-state index contributed by atoms with van der Waals surface area (Å²) in [6.45, 7) is 31.4. The topological polar surface area (TPSA) is 9.72 Å². The van der Waals surface area contributed by atoms with Crippen molar-refractivity contribution in [3.63, 3.8) is 0 Å². The Bertz CT molecular complexity index is 3070. The Morgan fingerprint density at radius 2 is 1.01 bits per heavy atom. The summed E-state index contributed by atoms with van der Waals surface area (Å²) >= 11 is 0. The Kier molecular flexibility index (Phi) is 10.2. The van der Waals surface area contributed by atoms with E-state index in [1.54, 1.807) is 0 Å². The number of rotatable bonds is 5. The predicted molar refractivity (Wildman–Crippen MR) is 298 cm³/mol. The fourth-order valence-corrected chi connectivity index (χ4v) is 13.1. The molecule has 1 aliphatic carbocycles. The Balaban J connectivity index is 1.23. The third kappa shape index (κ3) is 6.89. The van der Waals surface area contributed by atoms with Gasteiger partial charge in [-0.1, -0.05) is 186 Å². The van der Waals surface area contributed by atoms with Crippen molar-refractivity contribution < 1.29 is 0 Å². The van der Waals surface area contributed by atoms with Crippen molar-refractivity contribution in [1.29, 1.82) is 0 Å². The number of nitrogens with zero attached hydrogens (tertiary/aromatic N) is 3. The van der Waals surface area contributed by atoms with Crippen LogP contribution in [-0.4, -0.2) is 12.3 Å². The summed E-state index contributed by atoms with van der Waals surface area (Å²) in [6.07, 6.45) is 4.87. The van der Waals surface area contributed by atoms with Gasteiger partial charge in [0.1, 0.15) is 0 Å². The molecule has 1 saturated carbocycles. The fraction of sp³-hybridized carbons (Fsp3) is 0.354. The van der Waals surface area contributed by atoms with Crippen LogP contribution in [0.4, 0.5) is 45.5 Å². The van der Waals surface area contributed by atoms with Gasteiger partial charge in [-0.05, 0) is 147 Å². The average Bonchev–Trinajstić information content (AvgIpc) is 3.52. The van der Waals surface area contributed by atoms with E-state index >= 15 is 0 Å². The van der Waals surface area contributed by atoms with Crippen molar-refractivity contribution in [2.45, 2.75) is 148 Å². The van der Waals surface area contributed by atoms with Gasteiger partial charge in [0.2, 0.25) is 6.71 Å². The lowest BCUT2D eigenvalue weighted by atomic mass is 9.30. The lowest BCUT2D eigenvalue weighted by molar-refractivity contribution is 0.195. The van der Waals surface area contributed by atoms with Crippen molar-refractivity contribution >= 4 is 68.6 Å². The van der Waals surface area contributed by atoms with Crippen LogP contribution in [0, 0.1) is 0 Å². The van der Waals surface area contributed by atoms with Crippen LogP contribution in [0.15, 0.2) is 152 Å². The minimum absolute atomic E-state index is 0.000806.